The molecule has 0 saturated heterocycles. The first-order valence-corrected chi connectivity index (χ1v) is 14.3. The van der Waals surface area contributed by atoms with Crippen LogP contribution in [-0.2, 0) is 9.84 Å². The first-order valence-electron chi connectivity index (χ1n) is 12.9. The van der Waals surface area contributed by atoms with Crippen molar-refractivity contribution in [3.8, 4) is 22.8 Å². The number of pyridine rings is 2. The second kappa shape index (κ2) is 12.9. The van der Waals surface area contributed by atoms with E-state index in [0.717, 1.165) is 42.5 Å². The fourth-order valence-corrected chi connectivity index (χ4v) is 4.97. The number of carbonyl (C=O) groups is 1. The minimum Gasteiger partial charge on any atom is -0.618 e. The number of amidine groups is 1. The highest BCUT2D eigenvalue weighted by atomic mass is 32.2. The Morgan fingerprint density at radius 2 is 1.78 bits per heavy atom. The smallest absolute Gasteiger partial charge is 0.502 e. The predicted octanol–water partition coefficient (Wildman–Crippen LogP) is 3.67. The third kappa shape index (κ3) is 6.81. The summed E-state index contributed by atoms with van der Waals surface area (Å²) in [5, 5.41) is 24.6. The first kappa shape index (κ1) is 33.5. The van der Waals surface area contributed by atoms with Crippen molar-refractivity contribution in [3.05, 3.63) is 95.0 Å². The van der Waals surface area contributed by atoms with Gasteiger partial charge in [-0.3, -0.25) is 9.79 Å². The van der Waals surface area contributed by atoms with Crippen molar-refractivity contribution < 1.29 is 49.7 Å². The number of benzene rings is 2. The predicted molar refractivity (Wildman–Crippen MR) is 154 cm³/mol. The second-order valence-electron chi connectivity index (χ2n) is 9.50. The highest BCUT2D eigenvalue weighted by molar-refractivity contribution is 7.92. The molecule has 0 aliphatic rings. The van der Waals surface area contributed by atoms with E-state index >= 15 is 4.39 Å². The Labute approximate surface area is 257 Å². The van der Waals surface area contributed by atoms with E-state index in [9.17, 15) is 41.1 Å². The van der Waals surface area contributed by atoms with Crippen LogP contribution in [0.25, 0.3) is 11.3 Å². The third-order valence-electron chi connectivity index (χ3n) is 6.22. The van der Waals surface area contributed by atoms with E-state index in [-0.39, 0.29) is 45.7 Å². The van der Waals surface area contributed by atoms with Crippen LogP contribution in [-0.4, -0.2) is 48.4 Å². The number of sulfone groups is 1. The number of aliphatic imine (C=N–C) groups is 1. The summed E-state index contributed by atoms with van der Waals surface area (Å²) in [5.41, 5.74) is 3.46. The lowest BCUT2D eigenvalue weighted by Crippen LogP contribution is -2.41. The number of alkyl halides is 3. The van der Waals surface area contributed by atoms with Gasteiger partial charge in [-0.2, -0.15) is 17.9 Å². The average Bonchev–Trinajstić information content (AvgIpc) is 2.98. The van der Waals surface area contributed by atoms with Gasteiger partial charge in [-0.15, -0.1) is 0 Å². The number of aliphatic hydroxyl groups excluding tert-OH is 1. The van der Waals surface area contributed by atoms with Crippen molar-refractivity contribution in [1.29, 1.82) is 0 Å². The summed E-state index contributed by atoms with van der Waals surface area (Å²) in [6.45, 7) is 1.25. The molecule has 2 heterocycles. The summed E-state index contributed by atoms with van der Waals surface area (Å²) in [6, 6.07) is 7.99. The molecule has 0 unspecified atom stereocenters. The number of aliphatic hydroxyl groups is 1. The number of amides is 1. The van der Waals surface area contributed by atoms with Crippen LogP contribution in [0.15, 0.2) is 76.7 Å². The lowest BCUT2D eigenvalue weighted by Gasteiger charge is -2.16. The Bertz CT molecular complexity index is 1940. The van der Waals surface area contributed by atoms with Gasteiger partial charge in [0, 0.05) is 35.6 Å². The van der Waals surface area contributed by atoms with E-state index in [4.69, 9.17) is 16.2 Å². The van der Waals surface area contributed by atoms with E-state index in [1.807, 2.05) is 0 Å². The van der Waals surface area contributed by atoms with Gasteiger partial charge in [-0.05, 0) is 49.4 Å². The Balaban J connectivity index is 1.67. The summed E-state index contributed by atoms with van der Waals surface area (Å²) in [6.07, 6.45) is 1.26. The monoisotopic (exact) mass is 666 g/mol. The fraction of sp³-hybridized carbons (Fsp3) is 0.143. The van der Waals surface area contributed by atoms with Crippen molar-refractivity contribution in [2.24, 2.45) is 10.7 Å². The summed E-state index contributed by atoms with van der Waals surface area (Å²) < 4.78 is 98.5. The van der Waals surface area contributed by atoms with Gasteiger partial charge in [-0.1, -0.05) is 0 Å². The normalized spacial score (nSPS) is 12.9. The zero-order valence-electron chi connectivity index (χ0n) is 23.4. The molecule has 0 fully saturated rings. The summed E-state index contributed by atoms with van der Waals surface area (Å²) in [4.78, 5) is 19.5. The zero-order valence-corrected chi connectivity index (χ0v) is 24.2. The van der Waals surface area contributed by atoms with Crippen LogP contribution in [0.2, 0.25) is 0 Å². The Kier molecular flexibility index (Phi) is 9.43. The van der Waals surface area contributed by atoms with E-state index in [1.165, 1.54) is 12.3 Å². The molecule has 0 saturated carbocycles. The average molecular weight is 667 g/mol. The lowest BCUT2D eigenvalue weighted by atomic mass is 10.1. The quantitative estimate of drug-likeness (QED) is 0.0677. The van der Waals surface area contributed by atoms with Gasteiger partial charge < -0.3 is 31.8 Å². The van der Waals surface area contributed by atoms with E-state index in [0.29, 0.717) is 12.1 Å². The molecule has 0 radical (unpaired) electrons. The maximum absolute atomic E-state index is 15.1. The maximum Gasteiger partial charge on any atom is 0.502 e. The molecule has 1 atom stereocenters. The molecule has 0 bridgehead atoms. The first-order chi connectivity index (χ1) is 21.5. The highest BCUT2D eigenvalue weighted by Gasteiger charge is 2.50. The van der Waals surface area contributed by atoms with Gasteiger partial charge in [-0.25, -0.2) is 22.2 Å². The minimum absolute atomic E-state index is 0.0209. The number of nitrogens with zero attached hydrogens (tertiary/aromatic N) is 3. The summed E-state index contributed by atoms with van der Waals surface area (Å²) in [7, 11) is -6.09. The number of hydrogen-bond acceptors (Lipinski definition) is 9. The molecule has 2 aromatic heterocycles. The van der Waals surface area contributed by atoms with Gasteiger partial charge in [0.2, 0.25) is 5.69 Å². The van der Waals surface area contributed by atoms with Gasteiger partial charge in [0.25, 0.3) is 15.5 Å². The van der Waals surface area contributed by atoms with E-state index < -0.39 is 60.8 Å². The number of anilines is 2. The van der Waals surface area contributed by atoms with Crippen LogP contribution in [0.3, 0.4) is 0 Å². The van der Waals surface area contributed by atoms with Crippen molar-refractivity contribution in [2.75, 3.05) is 17.7 Å². The Morgan fingerprint density at radius 1 is 1.11 bits per heavy atom. The molecule has 0 aliphatic heterocycles. The van der Waals surface area contributed by atoms with Gasteiger partial charge in [0.15, 0.2) is 11.6 Å². The van der Waals surface area contributed by atoms with Crippen LogP contribution in [0.5, 0.6) is 11.5 Å². The number of hydrogen-bond donors (Lipinski definition) is 4. The largest absolute Gasteiger partial charge is 0.618 e. The van der Waals surface area contributed by atoms with Crippen LogP contribution in [0, 0.1) is 16.8 Å². The topological polar surface area (TPSA) is 197 Å². The molecule has 2 aromatic carbocycles. The number of nitrogens with one attached hydrogen (secondary N) is 1. The van der Waals surface area contributed by atoms with Crippen molar-refractivity contribution in [2.45, 2.75) is 23.4 Å². The maximum atomic E-state index is 15.1. The van der Waals surface area contributed by atoms with Crippen molar-refractivity contribution in [3.63, 3.8) is 0 Å². The zero-order chi connectivity index (χ0) is 34.0. The van der Waals surface area contributed by atoms with Crippen molar-refractivity contribution >= 4 is 33.1 Å². The number of carbonyl (C=O) groups excluding carboxylic acids is 1. The fourth-order valence-electron chi connectivity index (χ4n) is 4.02. The minimum atomic E-state index is -6.09. The van der Waals surface area contributed by atoms with E-state index in [2.05, 4.69) is 15.3 Å². The molecule has 4 rings (SSSR count). The SMILES string of the molecule is C[C@H](CO)N=C(N)c1c(Oc2ccc(NC(=O)c3ccc(S(=O)(=O)C(F)(F)F)c(-c4ccc(F)cc4)[n+]3[O-])cc2F)ccnc1N. The molecular weight excluding hydrogens is 643 g/mol. The molecule has 4 aromatic rings. The number of rotatable bonds is 9. The van der Waals surface area contributed by atoms with Crippen LogP contribution in [0.4, 0.5) is 33.5 Å². The number of nitrogen functional groups attached to an aromatic ring is 1. The molecule has 0 aliphatic carbocycles. The summed E-state index contributed by atoms with van der Waals surface area (Å²) in [5.74, 6) is -3.81. The van der Waals surface area contributed by atoms with Crippen LogP contribution >= 0.6 is 0 Å². The third-order valence-corrected chi connectivity index (χ3v) is 7.74. The molecule has 6 N–H and O–H groups in total. The molecule has 18 heteroatoms. The molecule has 242 valence electrons. The second-order valence-corrected chi connectivity index (χ2v) is 11.4. The molecule has 0 spiro atoms. The lowest BCUT2D eigenvalue weighted by molar-refractivity contribution is -0.597. The van der Waals surface area contributed by atoms with Gasteiger partial charge >= 0.3 is 11.4 Å². The van der Waals surface area contributed by atoms with Crippen molar-refractivity contribution in [1.82, 2.24) is 4.98 Å². The van der Waals surface area contributed by atoms with Gasteiger partial charge in [0.1, 0.15) is 33.7 Å². The standard InChI is InChI=1S/C28H23F5N6O6S/c1-14(13-40)37-26(35)23-21(10-11-36-25(23)34)45-20-8-6-17(12-18(20)30)38-27(41)19-7-9-22(46(43,44)28(31,32)33)24(39(19)42)15-2-4-16(29)5-3-15/h2-12,14,40H,13H2,1H3,(H2,34,36)(H2,35,37)(H,38,41)/t14-/m1/s1. The number of nitrogens with two attached hydrogens (primary N) is 2. The highest BCUT2D eigenvalue weighted by Crippen LogP contribution is 2.35. The number of ether oxygens (including phenoxy) is 1. The number of halogens is 5. The van der Waals surface area contributed by atoms with Crippen LogP contribution < -0.4 is 26.3 Å². The van der Waals surface area contributed by atoms with Gasteiger partial charge in [0.05, 0.1) is 12.6 Å². The Morgan fingerprint density at radius 3 is 2.39 bits per heavy atom. The van der Waals surface area contributed by atoms with E-state index in [1.54, 1.807) is 6.92 Å². The van der Waals surface area contributed by atoms with Crippen LogP contribution in [0.1, 0.15) is 23.0 Å². The molecule has 1 amide bonds. The molecular formula is C28H23F5N6O6S. The number of aromatic nitrogens is 2. The molecule has 46 heavy (non-hydrogen) atoms. The molecule has 12 nitrogen and oxygen atoms in total. The Hall–Kier alpha value is -5.36. The summed E-state index contributed by atoms with van der Waals surface area (Å²) >= 11 is 0.